The Morgan fingerprint density at radius 3 is 1.15 bits per heavy atom. The molecule has 0 spiro atoms. The Morgan fingerprint density at radius 1 is 0.559 bits per heavy atom. The van der Waals surface area contributed by atoms with Crippen LogP contribution in [-0.2, 0) is 39.7 Å². The topological polar surface area (TPSA) is 186 Å². The van der Waals surface area contributed by atoms with Gasteiger partial charge in [-0.15, -0.1) is 0 Å². The minimum Gasteiger partial charge on any atom is -0.227 e. The van der Waals surface area contributed by atoms with Gasteiger partial charge in [0.25, 0.3) is 20.0 Å². The van der Waals surface area contributed by atoms with E-state index in [9.17, 15) is 33.7 Å². The minimum absolute atomic E-state index is 0.184. The molecule has 0 N–H and O–H groups in total. The van der Waals surface area contributed by atoms with E-state index in [1.54, 1.807) is 12.1 Å². The van der Waals surface area contributed by atoms with Crippen molar-refractivity contribution in [3.8, 4) is 0 Å². The lowest BCUT2D eigenvalue weighted by Gasteiger charge is -2.18. The summed E-state index contributed by atoms with van der Waals surface area (Å²) < 4.78 is 104. The van der Waals surface area contributed by atoms with E-state index < -0.39 is 62.0 Å². The van der Waals surface area contributed by atoms with Crippen molar-refractivity contribution in [3.05, 3.63) is 60.7 Å². The van der Waals surface area contributed by atoms with Gasteiger partial charge in [-0.25, -0.2) is 16.8 Å². The van der Waals surface area contributed by atoms with E-state index in [4.69, 9.17) is 0 Å². The summed E-state index contributed by atoms with van der Waals surface area (Å²) in [5.74, 6) is -2.13. The number of sulfonamides is 2. The van der Waals surface area contributed by atoms with E-state index >= 15 is 0 Å². The highest BCUT2D eigenvalue weighted by Crippen LogP contribution is 2.18. The zero-order valence-electron chi connectivity index (χ0n) is 18.0. The first-order chi connectivity index (χ1) is 15.7. The molecule has 2 unspecified atom stereocenters. The summed E-state index contributed by atoms with van der Waals surface area (Å²) in [7, 11) is -16.9. The Kier molecular flexibility index (Phi) is 8.79. The standard InChI is InChI=1S/C18H22N4O8S4/c1-15(31(23,24)13-19-21-33(27,28)17-9-5-3-6-10-17)16(2)32(25,26)14-20-22-34(29,30)18-11-7-4-8-12-18/h3-12,15-16H,13-14H2,1-2H3. The highest BCUT2D eigenvalue weighted by Gasteiger charge is 2.35. The molecule has 2 rings (SSSR count). The summed E-state index contributed by atoms with van der Waals surface area (Å²) in [5, 5.41) is 3.44. The molecule has 0 heterocycles. The molecule has 0 aliphatic rings. The van der Waals surface area contributed by atoms with Crippen molar-refractivity contribution in [2.75, 3.05) is 11.8 Å². The van der Waals surface area contributed by atoms with Crippen LogP contribution in [-0.4, -0.2) is 55.9 Å². The van der Waals surface area contributed by atoms with Crippen LogP contribution in [0.5, 0.6) is 0 Å². The van der Waals surface area contributed by atoms with Gasteiger partial charge in [0.05, 0.1) is 20.3 Å². The Bertz CT molecular complexity index is 1360. The van der Waals surface area contributed by atoms with Crippen LogP contribution in [0.3, 0.4) is 0 Å². The molecule has 186 valence electrons. The van der Waals surface area contributed by atoms with E-state index in [0.717, 1.165) is 13.8 Å². The van der Waals surface area contributed by atoms with Crippen LogP contribution in [0, 0.1) is 0 Å². The van der Waals surface area contributed by atoms with E-state index in [1.165, 1.54) is 48.5 Å². The second-order valence-corrected chi connectivity index (χ2v) is 14.8. The fourth-order valence-electron chi connectivity index (χ4n) is 2.46. The lowest BCUT2D eigenvalue weighted by atomic mass is 10.4. The molecule has 34 heavy (non-hydrogen) atoms. The van der Waals surface area contributed by atoms with Gasteiger partial charge < -0.3 is 0 Å². The summed E-state index contributed by atoms with van der Waals surface area (Å²) in [6.45, 7) is 2.22. The molecular weight excluding hydrogens is 528 g/mol. The molecule has 16 heteroatoms. The average Bonchev–Trinajstić information content (AvgIpc) is 2.78. The summed E-state index contributed by atoms with van der Waals surface area (Å²) in [5.41, 5.74) is 0. The van der Waals surface area contributed by atoms with Crippen LogP contribution in [0.15, 0.2) is 89.7 Å². The highest BCUT2D eigenvalue weighted by atomic mass is 32.2. The van der Waals surface area contributed by atoms with Gasteiger partial charge >= 0.3 is 0 Å². The number of hydrogen-bond acceptors (Lipinski definition) is 10. The molecule has 0 bridgehead atoms. The molecule has 0 saturated heterocycles. The molecule has 0 radical (unpaired) electrons. The third kappa shape index (κ3) is 7.22. The molecule has 2 atom stereocenters. The first-order valence-corrected chi connectivity index (χ1v) is 15.8. The lowest BCUT2D eigenvalue weighted by Crippen LogP contribution is -2.37. The quantitative estimate of drug-likeness (QED) is 0.381. The molecule has 0 amide bonds. The van der Waals surface area contributed by atoms with Gasteiger partial charge in [-0.3, -0.25) is 0 Å². The van der Waals surface area contributed by atoms with E-state index in [1.807, 2.05) is 0 Å². The summed E-state index contributed by atoms with van der Waals surface area (Å²) in [6.07, 6.45) is 0. The minimum atomic E-state index is -4.24. The molecule has 0 aromatic heterocycles. The first kappa shape index (κ1) is 27.7. The molecule has 2 aromatic carbocycles. The van der Waals surface area contributed by atoms with Crippen LogP contribution < -0.4 is 0 Å². The van der Waals surface area contributed by atoms with Gasteiger partial charge in [0, 0.05) is 0 Å². The van der Waals surface area contributed by atoms with Gasteiger partial charge in [0.1, 0.15) is 0 Å². The fraction of sp³-hybridized carbons (Fsp3) is 0.333. The van der Waals surface area contributed by atoms with Crippen molar-refractivity contribution in [3.63, 3.8) is 0 Å². The van der Waals surface area contributed by atoms with Crippen molar-refractivity contribution >= 4 is 39.7 Å². The number of sulfone groups is 2. The maximum absolute atomic E-state index is 12.5. The molecular formula is C18H22N4O8S4. The van der Waals surface area contributed by atoms with E-state index in [-0.39, 0.29) is 9.79 Å². The second kappa shape index (κ2) is 10.8. The fourth-order valence-corrected chi connectivity index (χ4v) is 7.31. The number of rotatable bonds is 11. The third-order valence-corrected chi connectivity index (χ3v) is 11.3. The zero-order chi connectivity index (χ0) is 25.6. The normalized spacial score (nSPS) is 15.5. The van der Waals surface area contributed by atoms with Crippen LogP contribution in [0.25, 0.3) is 0 Å². The van der Waals surface area contributed by atoms with Crippen molar-refractivity contribution in [1.29, 1.82) is 0 Å². The van der Waals surface area contributed by atoms with Gasteiger partial charge in [-0.2, -0.15) is 27.1 Å². The Labute approximate surface area is 198 Å². The predicted molar refractivity (Wildman–Crippen MR) is 123 cm³/mol. The van der Waals surface area contributed by atoms with Crippen LogP contribution in [0.2, 0.25) is 0 Å². The predicted octanol–water partition coefficient (Wildman–Crippen LogP) is 2.19. The Balaban J connectivity index is 2.09. The van der Waals surface area contributed by atoms with Crippen molar-refractivity contribution in [1.82, 2.24) is 0 Å². The molecule has 0 saturated carbocycles. The summed E-state index contributed by atoms with van der Waals surface area (Å²) >= 11 is 0. The smallest absolute Gasteiger partial charge is 0.227 e. The number of nitrogens with zero attached hydrogens (tertiary/aromatic N) is 4. The number of benzene rings is 2. The highest BCUT2D eigenvalue weighted by molar-refractivity contribution is 7.96. The van der Waals surface area contributed by atoms with Crippen LogP contribution in [0.1, 0.15) is 13.8 Å². The van der Waals surface area contributed by atoms with Gasteiger partial charge in [0.15, 0.2) is 31.4 Å². The molecule has 12 nitrogen and oxygen atoms in total. The third-order valence-electron chi connectivity index (χ3n) is 4.68. The molecule has 0 fully saturated rings. The maximum Gasteiger partial charge on any atom is 0.299 e. The van der Waals surface area contributed by atoms with Crippen molar-refractivity contribution in [2.45, 2.75) is 34.1 Å². The Morgan fingerprint density at radius 2 is 0.853 bits per heavy atom. The molecule has 0 aliphatic heterocycles. The van der Waals surface area contributed by atoms with Crippen LogP contribution >= 0.6 is 0 Å². The maximum atomic E-state index is 12.5. The van der Waals surface area contributed by atoms with Gasteiger partial charge in [-0.05, 0) is 38.1 Å². The Hall–Kier alpha value is -2.56. The first-order valence-electron chi connectivity index (χ1n) is 9.50. The van der Waals surface area contributed by atoms with E-state index in [2.05, 4.69) is 19.3 Å². The lowest BCUT2D eigenvalue weighted by molar-refractivity contribution is 0.561. The summed E-state index contributed by atoms with van der Waals surface area (Å²) in [6, 6.07) is 14.0. The molecule has 2 aromatic rings. The zero-order valence-corrected chi connectivity index (χ0v) is 21.3. The van der Waals surface area contributed by atoms with Gasteiger partial charge in [0.2, 0.25) is 0 Å². The largest absolute Gasteiger partial charge is 0.299 e. The van der Waals surface area contributed by atoms with Gasteiger partial charge in [-0.1, -0.05) is 45.4 Å². The second-order valence-electron chi connectivity index (χ2n) is 7.02. The summed E-state index contributed by atoms with van der Waals surface area (Å²) in [4.78, 5) is -0.369. The molecule has 0 aliphatic carbocycles. The van der Waals surface area contributed by atoms with Crippen molar-refractivity contribution in [2.24, 2.45) is 19.3 Å². The number of hydrogen-bond donors (Lipinski definition) is 0. The SMILES string of the molecule is CC(C(C)S(=O)(=O)CN=NS(=O)(=O)c1ccccc1)S(=O)(=O)CN=NS(=O)(=O)c1ccccc1. The average molecular weight is 551 g/mol. The monoisotopic (exact) mass is 550 g/mol. The van der Waals surface area contributed by atoms with Crippen LogP contribution in [0.4, 0.5) is 0 Å². The van der Waals surface area contributed by atoms with Crippen molar-refractivity contribution < 1.29 is 33.7 Å². The van der Waals surface area contributed by atoms with E-state index in [0.29, 0.717) is 0 Å².